The van der Waals surface area contributed by atoms with Crippen LogP contribution < -0.4 is 0 Å². The van der Waals surface area contributed by atoms with Crippen molar-refractivity contribution >= 4 is 11.8 Å². The van der Waals surface area contributed by atoms with Gasteiger partial charge in [0.1, 0.15) is 5.78 Å². The van der Waals surface area contributed by atoms with Crippen molar-refractivity contribution in [2.45, 2.75) is 32.1 Å². The number of hydrogen-bond donors (Lipinski definition) is 0. The van der Waals surface area contributed by atoms with Crippen molar-refractivity contribution < 1.29 is 14.3 Å². The van der Waals surface area contributed by atoms with Gasteiger partial charge in [0.05, 0.1) is 12.5 Å². The summed E-state index contributed by atoms with van der Waals surface area (Å²) in [5.74, 6) is 0.0403. The van der Waals surface area contributed by atoms with E-state index in [1.165, 1.54) is 7.11 Å². The Morgan fingerprint density at radius 1 is 1.57 bits per heavy atom. The zero-order valence-corrected chi connectivity index (χ0v) is 8.54. The van der Waals surface area contributed by atoms with Crippen LogP contribution in [-0.4, -0.2) is 18.9 Å². The lowest BCUT2D eigenvalue weighted by Crippen LogP contribution is -2.36. The second-order valence-corrected chi connectivity index (χ2v) is 3.80. The Hall–Kier alpha value is -1.12. The Labute approximate surface area is 84.1 Å². The molecule has 0 aromatic carbocycles. The molecule has 0 radical (unpaired) electrons. The molecule has 1 aliphatic carbocycles. The van der Waals surface area contributed by atoms with Crippen LogP contribution in [0.1, 0.15) is 32.1 Å². The summed E-state index contributed by atoms with van der Waals surface area (Å²) < 4.78 is 4.78. The molecular weight excluding hydrogens is 180 g/mol. The van der Waals surface area contributed by atoms with Gasteiger partial charge in [0.25, 0.3) is 0 Å². The lowest BCUT2D eigenvalue weighted by atomic mass is 9.71. The Morgan fingerprint density at radius 2 is 2.14 bits per heavy atom. The average molecular weight is 196 g/mol. The molecule has 0 bridgehead atoms. The standard InChI is InChI=1S/C11H16O3/c1-3-6-11(10(13)14-2)7-4-9(12)5-8-11/h3H,1,4-8H2,2H3. The molecule has 1 rings (SSSR count). The summed E-state index contributed by atoms with van der Waals surface area (Å²) in [5.41, 5.74) is -0.482. The molecule has 0 unspecified atom stereocenters. The first-order valence-electron chi connectivity index (χ1n) is 4.85. The summed E-state index contributed by atoms with van der Waals surface area (Å²) >= 11 is 0. The molecule has 0 spiro atoms. The zero-order chi connectivity index (χ0) is 10.6. The van der Waals surface area contributed by atoms with Gasteiger partial charge in [-0.25, -0.2) is 0 Å². The summed E-state index contributed by atoms with van der Waals surface area (Å²) in [7, 11) is 1.39. The fourth-order valence-corrected chi connectivity index (χ4v) is 1.99. The lowest BCUT2D eigenvalue weighted by molar-refractivity contribution is -0.155. The molecule has 1 aliphatic rings. The van der Waals surface area contributed by atoms with Crippen LogP contribution >= 0.6 is 0 Å². The molecule has 0 amide bonds. The van der Waals surface area contributed by atoms with Crippen molar-refractivity contribution in [2.75, 3.05) is 7.11 Å². The van der Waals surface area contributed by atoms with Gasteiger partial charge in [-0.1, -0.05) is 6.08 Å². The van der Waals surface area contributed by atoms with Crippen LogP contribution in [0.2, 0.25) is 0 Å². The number of esters is 1. The van der Waals surface area contributed by atoms with Gasteiger partial charge in [0.15, 0.2) is 0 Å². The average Bonchev–Trinajstić information content (AvgIpc) is 2.21. The molecule has 0 saturated heterocycles. The number of methoxy groups -OCH3 is 1. The van der Waals surface area contributed by atoms with E-state index in [0.717, 1.165) is 0 Å². The van der Waals surface area contributed by atoms with E-state index in [0.29, 0.717) is 32.1 Å². The van der Waals surface area contributed by atoms with Gasteiger partial charge in [-0.3, -0.25) is 9.59 Å². The minimum absolute atomic E-state index is 0.204. The van der Waals surface area contributed by atoms with E-state index in [4.69, 9.17) is 4.74 Å². The van der Waals surface area contributed by atoms with Crippen LogP contribution in [-0.2, 0) is 14.3 Å². The SMILES string of the molecule is C=CCC1(C(=O)OC)CCC(=O)CC1. The molecule has 78 valence electrons. The summed E-state index contributed by atoms with van der Waals surface area (Å²) in [4.78, 5) is 22.7. The van der Waals surface area contributed by atoms with E-state index < -0.39 is 5.41 Å². The largest absolute Gasteiger partial charge is 0.469 e. The van der Waals surface area contributed by atoms with Gasteiger partial charge in [-0.05, 0) is 19.3 Å². The van der Waals surface area contributed by atoms with Crippen LogP contribution in [0.4, 0.5) is 0 Å². The van der Waals surface area contributed by atoms with Crippen LogP contribution in [0, 0.1) is 5.41 Å². The highest BCUT2D eigenvalue weighted by Gasteiger charge is 2.41. The highest BCUT2D eigenvalue weighted by Crippen LogP contribution is 2.39. The van der Waals surface area contributed by atoms with E-state index >= 15 is 0 Å². The van der Waals surface area contributed by atoms with Crippen molar-refractivity contribution in [1.82, 2.24) is 0 Å². The van der Waals surface area contributed by atoms with Gasteiger partial charge >= 0.3 is 5.97 Å². The Balaban J connectivity index is 2.77. The van der Waals surface area contributed by atoms with Gasteiger partial charge < -0.3 is 4.74 Å². The first-order chi connectivity index (χ1) is 6.64. The van der Waals surface area contributed by atoms with Crippen molar-refractivity contribution in [3.05, 3.63) is 12.7 Å². The van der Waals surface area contributed by atoms with E-state index in [1.807, 2.05) is 0 Å². The van der Waals surface area contributed by atoms with Gasteiger partial charge in [0, 0.05) is 12.8 Å². The Morgan fingerprint density at radius 3 is 2.57 bits per heavy atom. The topological polar surface area (TPSA) is 43.4 Å². The van der Waals surface area contributed by atoms with Crippen LogP contribution in [0.25, 0.3) is 0 Å². The molecule has 0 atom stereocenters. The Kier molecular flexibility index (Phi) is 3.44. The summed E-state index contributed by atoms with van der Waals surface area (Å²) in [6.07, 6.45) is 4.51. The number of ketones is 1. The van der Waals surface area contributed by atoms with Gasteiger partial charge in [0.2, 0.25) is 0 Å². The maximum absolute atomic E-state index is 11.6. The summed E-state index contributed by atoms with van der Waals surface area (Å²) in [6, 6.07) is 0. The third kappa shape index (κ3) is 2.03. The molecule has 1 saturated carbocycles. The fourth-order valence-electron chi connectivity index (χ4n) is 1.99. The van der Waals surface area contributed by atoms with E-state index in [1.54, 1.807) is 6.08 Å². The van der Waals surface area contributed by atoms with Crippen LogP contribution in [0.15, 0.2) is 12.7 Å². The number of allylic oxidation sites excluding steroid dienone is 1. The first kappa shape index (κ1) is 11.0. The third-order valence-corrected chi connectivity index (χ3v) is 2.92. The number of hydrogen-bond acceptors (Lipinski definition) is 3. The van der Waals surface area contributed by atoms with E-state index in [2.05, 4.69) is 6.58 Å². The molecule has 0 aliphatic heterocycles. The second-order valence-electron chi connectivity index (χ2n) is 3.80. The predicted molar refractivity (Wildman–Crippen MR) is 52.7 cm³/mol. The highest BCUT2D eigenvalue weighted by atomic mass is 16.5. The zero-order valence-electron chi connectivity index (χ0n) is 8.54. The van der Waals surface area contributed by atoms with Crippen molar-refractivity contribution in [2.24, 2.45) is 5.41 Å². The quantitative estimate of drug-likeness (QED) is 0.511. The lowest BCUT2D eigenvalue weighted by Gasteiger charge is -2.32. The van der Waals surface area contributed by atoms with Gasteiger partial charge in [-0.2, -0.15) is 0 Å². The van der Waals surface area contributed by atoms with E-state index in [-0.39, 0.29) is 11.8 Å². The number of Topliss-reactive ketones (excluding diaryl/α,β-unsaturated/α-hetero) is 1. The molecule has 0 heterocycles. The number of carbonyl (C=O) groups excluding carboxylic acids is 2. The predicted octanol–water partition coefficient (Wildman–Crippen LogP) is 1.86. The monoisotopic (exact) mass is 196 g/mol. The van der Waals surface area contributed by atoms with Crippen molar-refractivity contribution in [1.29, 1.82) is 0 Å². The molecule has 3 heteroatoms. The van der Waals surface area contributed by atoms with Crippen LogP contribution in [0.5, 0.6) is 0 Å². The third-order valence-electron chi connectivity index (χ3n) is 2.92. The molecular formula is C11H16O3. The number of carbonyl (C=O) groups is 2. The molecule has 1 fully saturated rings. The first-order valence-corrected chi connectivity index (χ1v) is 4.85. The minimum atomic E-state index is -0.482. The number of ether oxygens (including phenoxy) is 1. The molecule has 0 aromatic rings. The fraction of sp³-hybridized carbons (Fsp3) is 0.636. The highest BCUT2D eigenvalue weighted by molar-refractivity contribution is 5.84. The Bertz CT molecular complexity index is 245. The molecule has 0 aromatic heterocycles. The summed E-state index contributed by atoms with van der Waals surface area (Å²) in [6.45, 7) is 3.64. The van der Waals surface area contributed by atoms with Crippen molar-refractivity contribution in [3.63, 3.8) is 0 Å². The minimum Gasteiger partial charge on any atom is -0.469 e. The molecule has 3 nitrogen and oxygen atoms in total. The maximum atomic E-state index is 11.6. The van der Waals surface area contributed by atoms with Crippen LogP contribution in [0.3, 0.4) is 0 Å². The van der Waals surface area contributed by atoms with Crippen molar-refractivity contribution in [3.8, 4) is 0 Å². The normalized spacial score (nSPS) is 20.2. The molecule has 14 heavy (non-hydrogen) atoms. The summed E-state index contributed by atoms with van der Waals surface area (Å²) in [5, 5.41) is 0. The smallest absolute Gasteiger partial charge is 0.312 e. The maximum Gasteiger partial charge on any atom is 0.312 e. The van der Waals surface area contributed by atoms with E-state index in [9.17, 15) is 9.59 Å². The second kappa shape index (κ2) is 4.40. The van der Waals surface area contributed by atoms with Gasteiger partial charge in [-0.15, -0.1) is 6.58 Å². The number of rotatable bonds is 3. The molecule has 0 N–H and O–H groups in total.